The van der Waals surface area contributed by atoms with Crippen LogP contribution in [0.15, 0.2) is 24.3 Å². The predicted octanol–water partition coefficient (Wildman–Crippen LogP) is 3.29. The Bertz CT molecular complexity index is 442. The van der Waals surface area contributed by atoms with E-state index in [1.807, 2.05) is 40.9 Å². The molecule has 2 amide bonds. The van der Waals surface area contributed by atoms with Gasteiger partial charge in [0.2, 0.25) is 0 Å². The molecule has 0 aliphatic carbocycles. The molecule has 1 aromatic rings. The van der Waals surface area contributed by atoms with E-state index in [-0.39, 0.29) is 12.1 Å². The molecule has 1 aromatic carbocycles. The van der Waals surface area contributed by atoms with Crippen molar-refractivity contribution in [3.8, 4) is 5.75 Å². The van der Waals surface area contributed by atoms with Crippen LogP contribution in [0.4, 0.5) is 4.79 Å². The van der Waals surface area contributed by atoms with Gasteiger partial charge in [0, 0.05) is 18.8 Å². The number of benzene rings is 1. The number of rotatable bonds is 4. The van der Waals surface area contributed by atoms with Crippen LogP contribution >= 0.6 is 11.8 Å². The number of nitrogens with zero attached hydrogens (tertiary/aromatic N) is 1. The third-order valence-corrected chi connectivity index (χ3v) is 4.78. The van der Waals surface area contributed by atoms with Gasteiger partial charge in [0.15, 0.2) is 0 Å². The second-order valence-electron chi connectivity index (χ2n) is 5.14. The summed E-state index contributed by atoms with van der Waals surface area (Å²) in [5.41, 5.74) is 1.12. The SMILES string of the molecule is CCC(NC(=O)N1CCCSCC1)c1ccc(OC)cc1. The summed E-state index contributed by atoms with van der Waals surface area (Å²) in [6.45, 7) is 3.79. The molecule has 1 fully saturated rings. The molecule has 0 aromatic heterocycles. The number of hydrogen-bond donors (Lipinski definition) is 1. The molecule has 1 aliphatic rings. The molecule has 21 heavy (non-hydrogen) atoms. The van der Waals surface area contributed by atoms with Gasteiger partial charge in [0.25, 0.3) is 0 Å². The largest absolute Gasteiger partial charge is 0.497 e. The number of thioether (sulfide) groups is 1. The zero-order valence-electron chi connectivity index (χ0n) is 12.8. The number of methoxy groups -OCH3 is 1. The highest BCUT2D eigenvalue weighted by Gasteiger charge is 2.19. The van der Waals surface area contributed by atoms with Crippen molar-refractivity contribution in [1.82, 2.24) is 10.2 Å². The Morgan fingerprint density at radius 1 is 1.33 bits per heavy atom. The van der Waals surface area contributed by atoms with Gasteiger partial charge in [-0.25, -0.2) is 4.79 Å². The summed E-state index contributed by atoms with van der Waals surface area (Å²) in [4.78, 5) is 14.3. The fraction of sp³-hybridized carbons (Fsp3) is 0.562. The third kappa shape index (κ3) is 4.56. The summed E-state index contributed by atoms with van der Waals surface area (Å²) in [6.07, 6.45) is 1.96. The van der Waals surface area contributed by atoms with Crippen LogP contribution in [-0.4, -0.2) is 42.6 Å². The lowest BCUT2D eigenvalue weighted by Crippen LogP contribution is -2.42. The van der Waals surface area contributed by atoms with Crippen molar-refractivity contribution in [1.29, 1.82) is 0 Å². The molecule has 0 saturated carbocycles. The fourth-order valence-electron chi connectivity index (χ4n) is 2.45. The Balaban J connectivity index is 1.98. The quantitative estimate of drug-likeness (QED) is 0.928. The number of urea groups is 1. The Labute approximate surface area is 131 Å². The summed E-state index contributed by atoms with van der Waals surface area (Å²) in [7, 11) is 1.66. The van der Waals surface area contributed by atoms with E-state index < -0.39 is 0 Å². The second kappa shape index (κ2) is 8.17. The van der Waals surface area contributed by atoms with Crippen LogP contribution in [0.3, 0.4) is 0 Å². The summed E-state index contributed by atoms with van der Waals surface area (Å²) in [6, 6.07) is 8.02. The number of nitrogens with one attached hydrogen (secondary N) is 1. The topological polar surface area (TPSA) is 41.6 Å². The number of carbonyl (C=O) groups excluding carboxylic acids is 1. The van der Waals surface area contributed by atoms with Crippen LogP contribution in [0.5, 0.6) is 5.75 Å². The first-order valence-electron chi connectivity index (χ1n) is 7.51. The van der Waals surface area contributed by atoms with Gasteiger partial charge in [-0.3, -0.25) is 0 Å². The van der Waals surface area contributed by atoms with Crippen molar-refractivity contribution in [3.05, 3.63) is 29.8 Å². The Kier molecular flexibility index (Phi) is 6.23. The minimum absolute atomic E-state index is 0.0549. The lowest BCUT2D eigenvalue weighted by atomic mass is 10.0. The lowest BCUT2D eigenvalue weighted by Gasteiger charge is -2.25. The highest BCUT2D eigenvalue weighted by molar-refractivity contribution is 7.99. The zero-order valence-corrected chi connectivity index (χ0v) is 13.6. The van der Waals surface area contributed by atoms with E-state index in [0.717, 1.165) is 48.7 Å². The normalized spacial score (nSPS) is 17.0. The molecule has 1 unspecified atom stereocenters. The summed E-state index contributed by atoms with van der Waals surface area (Å²) < 4.78 is 5.17. The van der Waals surface area contributed by atoms with Gasteiger partial charge in [-0.1, -0.05) is 19.1 Å². The first kappa shape index (κ1) is 16.0. The van der Waals surface area contributed by atoms with Gasteiger partial charge < -0.3 is 15.0 Å². The summed E-state index contributed by atoms with van der Waals surface area (Å²) in [5, 5.41) is 3.15. The Hall–Kier alpha value is -1.36. The van der Waals surface area contributed by atoms with E-state index in [4.69, 9.17) is 4.74 Å². The molecule has 0 radical (unpaired) electrons. The molecule has 0 bridgehead atoms. The molecule has 1 N–H and O–H groups in total. The van der Waals surface area contributed by atoms with Gasteiger partial charge in [0.1, 0.15) is 5.75 Å². The van der Waals surface area contributed by atoms with Crippen LogP contribution in [0.25, 0.3) is 0 Å². The second-order valence-corrected chi connectivity index (χ2v) is 6.36. The Morgan fingerprint density at radius 3 is 2.76 bits per heavy atom. The van der Waals surface area contributed by atoms with E-state index in [2.05, 4.69) is 12.2 Å². The predicted molar refractivity (Wildman–Crippen MR) is 88.1 cm³/mol. The van der Waals surface area contributed by atoms with E-state index in [0.29, 0.717) is 0 Å². The van der Waals surface area contributed by atoms with Crippen LogP contribution in [0.2, 0.25) is 0 Å². The van der Waals surface area contributed by atoms with Crippen molar-refractivity contribution >= 4 is 17.8 Å². The maximum Gasteiger partial charge on any atom is 0.317 e. The van der Waals surface area contributed by atoms with Gasteiger partial charge in [0.05, 0.1) is 13.2 Å². The molecule has 5 heteroatoms. The highest BCUT2D eigenvalue weighted by Crippen LogP contribution is 2.20. The maximum atomic E-state index is 12.4. The standard InChI is InChI=1S/C16H24N2O2S/c1-3-15(13-5-7-14(20-2)8-6-13)17-16(19)18-9-4-11-21-12-10-18/h5-8,15H,3-4,9-12H2,1-2H3,(H,17,19). The van der Waals surface area contributed by atoms with Crippen LogP contribution in [0, 0.1) is 0 Å². The van der Waals surface area contributed by atoms with Crippen molar-refractivity contribution in [2.75, 3.05) is 31.7 Å². The molecular formula is C16H24N2O2S. The molecule has 116 valence electrons. The summed E-state index contributed by atoms with van der Waals surface area (Å²) in [5.74, 6) is 3.02. The van der Waals surface area contributed by atoms with Crippen LogP contribution < -0.4 is 10.1 Å². The molecule has 1 atom stereocenters. The van der Waals surface area contributed by atoms with Crippen LogP contribution in [-0.2, 0) is 0 Å². The molecule has 4 nitrogen and oxygen atoms in total. The maximum absolute atomic E-state index is 12.4. The molecule has 1 saturated heterocycles. The molecule has 1 heterocycles. The van der Waals surface area contributed by atoms with E-state index in [9.17, 15) is 4.79 Å². The molecule has 1 aliphatic heterocycles. The number of hydrogen-bond acceptors (Lipinski definition) is 3. The fourth-order valence-corrected chi connectivity index (χ4v) is 3.33. The van der Waals surface area contributed by atoms with Crippen molar-refractivity contribution in [2.24, 2.45) is 0 Å². The van der Waals surface area contributed by atoms with Gasteiger partial charge in [-0.05, 0) is 36.3 Å². The van der Waals surface area contributed by atoms with E-state index in [1.54, 1.807) is 7.11 Å². The Morgan fingerprint density at radius 2 is 2.10 bits per heavy atom. The monoisotopic (exact) mass is 308 g/mol. The smallest absolute Gasteiger partial charge is 0.317 e. The average Bonchev–Trinajstić information content (AvgIpc) is 2.82. The van der Waals surface area contributed by atoms with Crippen molar-refractivity contribution in [3.63, 3.8) is 0 Å². The van der Waals surface area contributed by atoms with Gasteiger partial charge in [-0.15, -0.1) is 0 Å². The average molecular weight is 308 g/mol. The van der Waals surface area contributed by atoms with E-state index >= 15 is 0 Å². The summed E-state index contributed by atoms with van der Waals surface area (Å²) >= 11 is 1.93. The molecular weight excluding hydrogens is 284 g/mol. The van der Waals surface area contributed by atoms with Crippen LogP contribution in [0.1, 0.15) is 31.4 Å². The van der Waals surface area contributed by atoms with Gasteiger partial charge in [-0.2, -0.15) is 11.8 Å². The first-order valence-corrected chi connectivity index (χ1v) is 8.67. The minimum Gasteiger partial charge on any atom is -0.497 e. The third-order valence-electron chi connectivity index (χ3n) is 3.73. The van der Waals surface area contributed by atoms with Gasteiger partial charge >= 0.3 is 6.03 Å². The zero-order chi connectivity index (χ0) is 15.1. The van der Waals surface area contributed by atoms with Crippen molar-refractivity contribution in [2.45, 2.75) is 25.8 Å². The molecule has 2 rings (SSSR count). The number of carbonyl (C=O) groups is 1. The van der Waals surface area contributed by atoms with E-state index in [1.165, 1.54) is 0 Å². The number of amides is 2. The lowest BCUT2D eigenvalue weighted by molar-refractivity contribution is 0.197. The minimum atomic E-state index is 0.0549. The first-order chi connectivity index (χ1) is 10.2. The van der Waals surface area contributed by atoms with Crippen molar-refractivity contribution < 1.29 is 9.53 Å². The number of ether oxygens (including phenoxy) is 1. The molecule has 0 spiro atoms. The highest BCUT2D eigenvalue weighted by atomic mass is 32.2.